The standard InChI is InChI=1S/C24H24Cl2N2O6/c1-28-17-12-19(34-10-9-32-2)21(26)20(25)16(17)11-18(28)22(29)27-24(7-8-33-13-24)15-5-3-14(4-6-15)23(30)31/h3-6,11-12H,7-10,13H2,1-2H3,(H,27,29)(H,30,31). The third kappa shape index (κ3) is 4.46. The van der Waals surface area contributed by atoms with Gasteiger partial charge in [0.05, 0.1) is 34.9 Å². The summed E-state index contributed by atoms with van der Waals surface area (Å²) in [6.45, 7) is 1.45. The molecule has 8 nitrogen and oxygen atoms in total. The Kier molecular flexibility index (Phi) is 7.04. The van der Waals surface area contributed by atoms with E-state index in [-0.39, 0.29) is 23.1 Å². The van der Waals surface area contributed by atoms with Crippen LogP contribution >= 0.6 is 23.2 Å². The van der Waals surface area contributed by atoms with E-state index >= 15 is 0 Å². The molecule has 2 aromatic carbocycles. The van der Waals surface area contributed by atoms with Crippen molar-refractivity contribution in [3.8, 4) is 5.75 Å². The third-order valence-corrected chi connectivity index (χ3v) is 6.89. The van der Waals surface area contributed by atoms with Gasteiger partial charge in [-0.3, -0.25) is 4.79 Å². The van der Waals surface area contributed by atoms with Crippen LogP contribution in [0.15, 0.2) is 36.4 Å². The Balaban J connectivity index is 1.67. The number of hydrogen-bond acceptors (Lipinski definition) is 5. The number of carbonyl (C=O) groups is 2. The van der Waals surface area contributed by atoms with Gasteiger partial charge in [0.2, 0.25) is 0 Å². The van der Waals surface area contributed by atoms with E-state index in [4.69, 9.17) is 37.4 Å². The number of aromatic nitrogens is 1. The number of aryl methyl sites for hydroxylation is 1. The van der Waals surface area contributed by atoms with Crippen LogP contribution in [0.25, 0.3) is 10.9 Å². The van der Waals surface area contributed by atoms with Crippen LogP contribution < -0.4 is 10.1 Å². The number of carboxylic acid groups (broad SMARTS) is 1. The molecule has 0 radical (unpaired) electrons. The Morgan fingerprint density at radius 2 is 1.91 bits per heavy atom. The Bertz CT molecular complexity index is 1230. The van der Waals surface area contributed by atoms with Crippen molar-refractivity contribution in [1.82, 2.24) is 9.88 Å². The van der Waals surface area contributed by atoms with Crippen LogP contribution in [0.5, 0.6) is 5.75 Å². The monoisotopic (exact) mass is 506 g/mol. The molecule has 0 bridgehead atoms. The average Bonchev–Trinajstić information content (AvgIpc) is 3.43. The summed E-state index contributed by atoms with van der Waals surface area (Å²) < 4.78 is 18.0. The first kappa shape index (κ1) is 24.3. The molecule has 0 spiro atoms. The first-order valence-corrected chi connectivity index (χ1v) is 11.4. The maximum absolute atomic E-state index is 13.4. The molecule has 0 saturated carbocycles. The largest absolute Gasteiger partial charge is 0.489 e. The van der Waals surface area contributed by atoms with Gasteiger partial charge in [-0.05, 0) is 23.8 Å². The van der Waals surface area contributed by atoms with Crippen molar-refractivity contribution < 1.29 is 28.9 Å². The maximum Gasteiger partial charge on any atom is 0.335 e. The molecule has 180 valence electrons. The first-order valence-electron chi connectivity index (χ1n) is 10.6. The normalized spacial score (nSPS) is 17.8. The highest BCUT2D eigenvalue weighted by molar-refractivity contribution is 6.46. The number of amides is 1. The minimum absolute atomic E-state index is 0.174. The summed E-state index contributed by atoms with van der Waals surface area (Å²) in [5.74, 6) is -0.923. The highest BCUT2D eigenvalue weighted by Crippen LogP contribution is 2.40. The van der Waals surface area contributed by atoms with Gasteiger partial charge in [-0.25, -0.2) is 4.79 Å². The van der Waals surface area contributed by atoms with Crippen LogP contribution in [0.1, 0.15) is 32.8 Å². The summed E-state index contributed by atoms with van der Waals surface area (Å²) in [4.78, 5) is 24.6. The lowest BCUT2D eigenvalue weighted by atomic mass is 9.88. The molecule has 3 aromatic rings. The molecular weight excluding hydrogens is 483 g/mol. The number of nitrogens with one attached hydrogen (secondary N) is 1. The Morgan fingerprint density at radius 1 is 1.18 bits per heavy atom. The van der Waals surface area contributed by atoms with Crippen LogP contribution in [-0.4, -0.2) is 55.1 Å². The predicted molar refractivity (Wildman–Crippen MR) is 128 cm³/mol. The molecule has 1 unspecified atom stereocenters. The molecule has 1 atom stereocenters. The SMILES string of the molecule is COCCOc1cc2c(cc(C(=O)NC3(c4ccc(C(=O)O)cc4)CCOC3)n2C)c(Cl)c1Cl. The fraction of sp³-hybridized carbons (Fsp3) is 0.333. The van der Waals surface area contributed by atoms with Crippen LogP contribution in [0.4, 0.5) is 0 Å². The van der Waals surface area contributed by atoms with Gasteiger partial charge in [0.25, 0.3) is 5.91 Å². The topological polar surface area (TPSA) is 99.0 Å². The van der Waals surface area contributed by atoms with E-state index in [1.54, 1.807) is 43.0 Å². The van der Waals surface area contributed by atoms with Crippen molar-refractivity contribution in [3.05, 3.63) is 63.3 Å². The van der Waals surface area contributed by atoms with E-state index < -0.39 is 11.5 Å². The maximum atomic E-state index is 13.4. The molecule has 0 aliphatic carbocycles. The minimum Gasteiger partial charge on any atom is -0.489 e. The molecule has 1 saturated heterocycles. The lowest BCUT2D eigenvalue weighted by molar-refractivity contribution is 0.0696. The molecule has 1 aromatic heterocycles. The summed E-state index contributed by atoms with van der Waals surface area (Å²) in [6.07, 6.45) is 0.555. The van der Waals surface area contributed by atoms with Gasteiger partial charge in [0.15, 0.2) is 0 Å². The number of fused-ring (bicyclic) bond motifs is 1. The number of carbonyl (C=O) groups excluding carboxylic acids is 1. The summed E-state index contributed by atoms with van der Waals surface area (Å²) in [6, 6.07) is 9.89. The van der Waals surface area contributed by atoms with Crippen molar-refractivity contribution >= 4 is 46.0 Å². The van der Waals surface area contributed by atoms with Crippen LogP contribution in [0.3, 0.4) is 0 Å². The molecule has 1 amide bonds. The van der Waals surface area contributed by atoms with Crippen LogP contribution in [0, 0.1) is 0 Å². The average molecular weight is 507 g/mol. The predicted octanol–water partition coefficient (Wildman–Crippen LogP) is 4.25. The minimum atomic E-state index is -1.01. The van der Waals surface area contributed by atoms with Crippen molar-refractivity contribution in [2.75, 3.05) is 33.5 Å². The molecule has 34 heavy (non-hydrogen) atoms. The Morgan fingerprint density at radius 3 is 2.53 bits per heavy atom. The fourth-order valence-electron chi connectivity index (χ4n) is 4.12. The molecular formula is C24H24Cl2N2O6. The number of benzene rings is 2. The van der Waals surface area contributed by atoms with Crippen LogP contribution in [0.2, 0.25) is 10.0 Å². The molecule has 10 heteroatoms. The zero-order valence-electron chi connectivity index (χ0n) is 18.7. The van der Waals surface area contributed by atoms with Crippen molar-refractivity contribution in [2.24, 2.45) is 7.05 Å². The van der Waals surface area contributed by atoms with Gasteiger partial charge in [-0.2, -0.15) is 0 Å². The number of nitrogens with zero attached hydrogens (tertiary/aromatic N) is 1. The van der Waals surface area contributed by atoms with Gasteiger partial charge in [0.1, 0.15) is 23.1 Å². The van der Waals surface area contributed by atoms with Crippen molar-refractivity contribution in [3.63, 3.8) is 0 Å². The van der Waals surface area contributed by atoms with E-state index in [1.165, 1.54) is 12.1 Å². The number of aromatic carboxylic acids is 1. The fourth-order valence-corrected chi connectivity index (χ4v) is 4.57. The second-order valence-electron chi connectivity index (χ2n) is 8.09. The van der Waals surface area contributed by atoms with E-state index in [1.807, 2.05) is 0 Å². The second kappa shape index (κ2) is 9.84. The lowest BCUT2D eigenvalue weighted by Gasteiger charge is -2.29. The molecule has 2 N–H and O–H groups in total. The summed E-state index contributed by atoms with van der Waals surface area (Å²) >= 11 is 12.9. The molecule has 4 rings (SSSR count). The van der Waals surface area contributed by atoms with Gasteiger partial charge in [-0.15, -0.1) is 0 Å². The number of carboxylic acids is 1. The van der Waals surface area contributed by atoms with E-state index in [0.717, 1.165) is 5.56 Å². The zero-order chi connectivity index (χ0) is 24.5. The highest BCUT2D eigenvalue weighted by Gasteiger charge is 2.39. The molecule has 1 aliphatic rings. The lowest BCUT2D eigenvalue weighted by Crippen LogP contribution is -2.47. The molecule has 1 fully saturated rings. The molecule has 1 aliphatic heterocycles. The smallest absolute Gasteiger partial charge is 0.335 e. The summed E-state index contributed by atoms with van der Waals surface area (Å²) in [7, 11) is 3.34. The van der Waals surface area contributed by atoms with Crippen molar-refractivity contribution in [1.29, 1.82) is 0 Å². The Labute approximate surface area is 206 Å². The summed E-state index contributed by atoms with van der Waals surface area (Å²) in [5.41, 5.74) is 1.25. The third-order valence-electron chi connectivity index (χ3n) is 6.03. The first-order chi connectivity index (χ1) is 16.3. The quantitative estimate of drug-likeness (QED) is 0.443. The van der Waals surface area contributed by atoms with Gasteiger partial charge in [-0.1, -0.05) is 35.3 Å². The highest BCUT2D eigenvalue weighted by atomic mass is 35.5. The van der Waals surface area contributed by atoms with E-state index in [9.17, 15) is 14.7 Å². The molecule has 2 heterocycles. The van der Waals surface area contributed by atoms with E-state index in [0.29, 0.717) is 53.6 Å². The Hall–Kier alpha value is -2.78. The summed E-state index contributed by atoms with van der Waals surface area (Å²) in [5, 5.41) is 13.5. The van der Waals surface area contributed by atoms with E-state index in [2.05, 4.69) is 5.32 Å². The van der Waals surface area contributed by atoms with Gasteiger partial charge in [0, 0.05) is 38.6 Å². The number of halogens is 2. The number of methoxy groups -OCH3 is 1. The van der Waals surface area contributed by atoms with Crippen LogP contribution in [-0.2, 0) is 22.1 Å². The zero-order valence-corrected chi connectivity index (χ0v) is 20.2. The number of ether oxygens (including phenoxy) is 3. The van der Waals surface area contributed by atoms with Gasteiger partial charge < -0.3 is 29.2 Å². The van der Waals surface area contributed by atoms with Gasteiger partial charge >= 0.3 is 5.97 Å². The number of rotatable bonds is 8. The van der Waals surface area contributed by atoms with Crippen molar-refractivity contribution in [2.45, 2.75) is 12.0 Å². The number of hydrogen-bond donors (Lipinski definition) is 2. The second-order valence-corrected chi connectivity index (χ2v) is 8.84.